The molecule has 0 heterocycles. The molecule has 0 fully saturated rings. The van der Waals surface area contributed by atoms with E-state index in [4.69, 9.17) is 4.52 Å². The fourth-order valence-electron chi connectivity index (χ4n) is 3.18. The Hall–Kier alpha value is -2.63. The highest BCUT2D eigenvalue weighted by molar-refractivity contribution is 7.69. The van der Waals surface area contributed by atoms with Crippen LogP contribution in [-0.4, -0.2) is 0 Å². The summed E-state index contributed by atoms with van der Waals surface area (Å²) in [6.45, 7) is 4.32. The van der Waals surface area contributed by atoms with Gasteiger partial charge in [-0.05, 0) is 36.4 Å². The van der Waals surface area contributed by atoms with Crippen LogP contribution in [0.3, 0.4) is 0 Å². The van der Waals surface area contributed by atoms with Crippen LogP contribution in [0.1, 0.15) is 11.1 Å². The van der Waals surface area contributed by atoms with Gasteiger partial charge < -0.3 is 4.52 Å². The molecule has 1 nitrogen and oxygen atoms in total. The standard InChI is InChI=1S/C24H21OP/c1-18-10-3-7-16-23(18)26(24-17-8-4-11-19(24)2)25-22-15-9-13-20-12-5-6-14-21(20)22/h3-17H,1-2H3. The molecule has 0 aliphatic carbocycles. The molecule has 4 aromatic rings. The molecule has 2 heteroatoms. The summed E-state index contributed by atoms with van der Waals surface area (Å²) < 4.78 is 6.73. The topological polar surface area (TPSA) is 9.23 Å². The van der Waals surface area contributed by atoms with Crippen molar-refractivity contribution in [2.24, 2.45) is 0 Å². The molecule has 0 bridgehead atoms. The molecule has 0 aliphatic heterocycles. The quantitative estimate of drug-likeness (QED) is 0.415. The lowest BCUT2D eigenvalue weighted by Crippen LogP contribution is -2.20. The van der Waals surface area contributed by atoms with Crippen molar-refractivity contribution in [1.29, 1.82) is 0 Å². The van der Waals surface area contributed by atoms with Gasteiger partial charge in [-0.1, -0.05) is 84.9 Å². The minimum absolute atomic E-state index is 0.942. The Labute approximate surface area is 156 Å². The van der Waals surface area contributed by atoms with Crippen LogP contribution in [0.15, 0.2) is 91.0 Å². The number of fused-ring (bicyclic) bond motifs is 1. The van der Waals surface area contributed by atoms with Crippen molar-refractivity contribution in [3.63, 3.8) is 0 Å². The lowest BCUT2D eigenvalue weighted by Gasteiger charge is -2.23. The van der Waals surface area contributed by atoms with Crippen LogP contribution in [0.5, 0.6) is 5.75 Å². The summed E-state index contributed by atoms with van der Waals surface area (Å²) in [7, 11) is -0.942. The molecule has 128 valence electrons. The minimum Gasteiger partial charge on any atom is -0.464 e. The van der Waals surface area contributed by atoms with Gasteiger partial charge in [0.15, 0.2) is 8.15 Å². The zero-order valence-corrected chi connectivity index (χ0v) is 15.9. The zero-order chi connectivity index (χ0) is 17.9. The summed E-state index contributed by atoms with van der Waals surface area (Å²) in [5, 5.41) is 4.90. The Bertz CT molecular complexity index is 1000. The maximum Gasteiger partial charge on any atom is 0.151 e. The summed E-state index contributed by atoms with van der Waals surface area (Å²) in [5.41, 5.74) is 2.53. The van der Waals surface area contributed by atoms with E-state index in [-0.39, 0.29) is 0 Å². The first-order valence-electron chi connectivity index (χ1n) is 8.81. The third-order valence-corrected chi connectivity index (χ3v) is 6.87. The van der Waals surface area contributed by atoms with Gasteiger partial charge in [0, 0.05) is 16.0 Å². The lowest BCUT2D eigenvalue weighted by atomic mass is 10.1. The maximum atomic E-state index is 6.73. The van der Waals surface area contributed by atoms with E-state index >= 15 is 0 Å². The van der Waals surface area contributed by atoms with Crippen molar-refractivity contribution < 1.29 is 4.52 Å². The summed E-state index contributed by atoms with van der Waals surface area (Å²) in [6, 6.07) is 31.8. The number of rotatable bonds is 4. The Morgan fingerprint density at radius 1 is 0.577 bits per heavy atom. The van der Waals surface area contributed by atoms with Gasteiger partial charge in [-0.25, -0.2) is 0 Å². The molecule has 0 N–H and O–H groups in total. The highest BCUT2D eigenvalue weighted by Gasteiger charge is 2.21. The average molecular weight is 356 g/mol. The Balaban J connectivity index is 1.86. The van der Waals surface area contributed by atoms with Crippen LogP contribution in [0.2, 0.25) is 0 Å². The molecule has 0 saturated heterocycles. The third-order valence-electron chi connectivity index (χ3n) is 4.61. The summed E-state index contributed by atoms with van der Waals surface area (Å²) in [6.07, 6.45) is 0. The van der Waals surface area contributed by atoms with Gasteiger partial charge in [-0.15, -0.1) is 0 Å². The van der Waals surface area contributed by atoms with Crippen LogP contribution in [-0.2, 0) is 0 Å². The lowest BCUT2D eigenvalue weighted by molar-refractivity contribution is 0.637. The second-order valence-corrected chi connectivity index (χ2v) is 8.17. The van der Waals surface area contributed by atoms with Gasteiger partial charge in [-0.2, -0.15) is 0 Å². The van der Waals surface area contributed by atoms with E-state index in [2.05, 4.69) is 105 Å². The SMILES string of the molecule is Cc1ccccc1P(Oc1cccc2ccccc12)c1ccccc1C. The highest BCUT2D eigenvalue weighted by atomic mass is 31.1. The van der Waals surface area contributed by atoms with Crippen molar-refractivity contribution in [3.05, 3.63) is 102 Å². The third kappa shape index (κ3) is 3.23. The van der Waals surface area contributed by atoms with Crippen LogP contribution in [0, 0.1) is 13.8 Å². The van der Waals surface area contributed by atoms with E-state index in [1.807, 2.05) is 0 Å². The number of benzene rings is 4. The smallest absolute Gasteiger partial charge is 0.151 e. The molecule has 0 spiro atoms. The van der Waals surface area contributed by atoms with E-state index in [1.165, 1.54) is 27.1 Å². The zero-order valence-electron chi connectivity index (χ0n) is 15.0. The van der Waals surface area contributed by atoms with Crippen molar-refractivity contribution in [3.8, 4) is 5.75 Å². The van der Waals surface area contributed by atoms with Gasteiger partial charge in [0.25, 0.3) is 0 Å². The second-order valence-electron chi connectivity index (χ2n) is 6.44. The Morgan fingerprint density at radius 3 is 1.77 bits per heavy atom. The Kier molecular flexibility index (Phi) is 4.73. The average Bonchev–Trinajstić information content (AvgIpc) is 2.68. The van der Waals surface area contributed by atoms with E-state index in [9.17, 15) is 0 Å². The van der Waals surface area contributed by atoms with Crippen molar-refractivity contribution in [2.75, 3.05) is 0 Å². The van der Waals surface area contributed by atoms with Crippen LogP contribution in [0.4, 0.5) is 0 Å². The molecule has 0 aliphatic rings. The molecular weight excluding hydrogens is 335 g/mol. The van der Waals surface area contributed by atoms with Crippen LogP contribution >= 0.6 is 8.15 Å². The fraction of sp³-hybridized carbons (Fsp3) is 0.0833. The van der Waals surface area contributed by atoms with Crippen molar-refractivity contribution >= 4 is 29.5 Å². The number of aryl methyl sites for hydroxylation is 2. The molecule has 0 aromatic heterocycles. The Morgan fingerprint density at radius 2 is 1.12 bits per heavy atom. The van der Waals surface area contributed by atoms with Gasteiger partial charge >= 0.3 is 0 Å². The predicted octanol–water partition coefficient (Wildman–Crippen LogP) is 5.88. The van der Waals surface area contributed by atoms with Gasteiger partial charge in [0.05, 0.1) is 0 Å². The largest absolute Gasteiger partial charge is 0.464 e. The molecule has 4 aromatic carbocycles. The first kappa shape index (κ1) is 16.8. The van der Waals surface area contributed by atoms with Crippen LogP contribution in [0.25, 0.3) is 10.8 Å². The van der Waals surface area contributed by atoms with Gasteiger partial charge in [-0.3, -0.25) is 0 Å². The van der Waals surface area contributed by atoms with E-state index in [0.717, 1.165) is 11.1 Å². The fourth-order valence-corrected chi connectivity index (χ4v) is 5.23. The van der Waals surface area contributed by atoms with Crippen molar-refractivity contribution in [1.82, 2.24) is 0 Å². The van der Waals surface area contributed by atoms with E-state index < -0.39 is 8.15 Å². The summed E-state index contributed by atoms with van der Waals surface area (Å²) in [4.78, 5) is 0. The summed E-state index contributed by atoms with van der Waals surface area (Å²) >= 11 is 0. The van der Waals surface area contributed by atoms with Crippen molar-refractivity contribution in [2.45, 2.75) is 13.8 Å². The monoisotopic (exact) mass is 356 g/mol. The maximum absolute atomic E-state index is 6.73. The normalized spacial score (nSPS) is 11.0. The van der Waals surface area contributed by atoms with E-state index in [0.29, 0.717) is 0 Å². The number of hydrogen-bond acceptors (Lipinski definition) is 1. The minimum atomic E-state index is -0.942. The first-order valence-corrected chi connectivity index (χ1v) is 10.1. The number of hydrogen-bond donors (Lipinski definition) is 0. The molecule has 4 rings (SSSR count). The molecule has 0 unspecified atom stereocenters. The van der Waals surface area contributed by atoms with E-state index in [1.54, 1.807) is 0 Å². The first-order chi connectivity index (χ1) is 12.7. The predicted molar refractivity (Wildman–Crippen MR) is 113 cm³/mol. The van der Waals surface area contributed by atoms with Crippen LogP contribution < -0.4 is 15.1 Å². The molecule has 0 saturated carbocycles. The molecule has 26 heavy (non-hydrogen) atoms. The van der Waals surface area contributed by atoms with Gasteiger partial charge in [0.1, 0.15) is 5.75 Å². The highest BCUT2D eigenvalue weighted by Crippen LogP contribution is 2.41. The second kappa shape index (κ2) is 7.32. The molecule has 0 atom stereocenters. The summed E-state index contributed by atoms with van der Waals surface area (Å²) in [5.74, 6) is 0.945. The molecular formula is C24H21OP. The molecule has 0 radical (unpaired) electrons. The molecule has 0 amide bonds. The van der Waals surface area contributed by atoms with Gasteiger partial charge in [0.2, 0.25) is 0 Å².